The molecule has 0 aliphatic carbocycles. The quantitative estimate of drug-likeness (QED) is 0.839. The lowest BCUT2D eigenvalue weighted by Gasteiger charge is -2.25. The Hall–Kier alpha value is -1.81. The zero-order valence-electron chi connectivity index (χ0n) is 13.6. The summed E-state index contributed by atoms with van der Waals surface area (Å²) in [5.74, 6) is 2.00. The van der Waals surface area contributed by atoms with Gasteiger partial charge in [-0.05, 0) is 32.4 Å². The topological polar surface area (TPSA) is 38.5 Å². The molecule has 1 aromatic heterocycles. The summed E-state index contributed by atoms with van der Waals surface area (Å²) in [5.41, 5.74) is 3.58. The predicted molar refractivity (Wildman–Crippen MR) is 86.0 cm³/mol. The van der Waals surface area contributed by atoms with Crippen LogP contribution in [0.3, 0.4) is 0 Å². The Bertz CT molecular complexity index is 636. The molecule has 2 aromatic rings. The van der Waals surface area contributed by atoms with Gasteiger partial charge in [0.05, 0.1) is 12.8 Å². The van der Waals surface area contributed by atoms with Crippen molar-refractivity contribution in [1.82, 2.24) is 10.1 Å². The molecule has 0 radical (unpaired) electrons. The summed E-state index contributed by atoms with van der Waals surface area (Å²) >= 11 is 0. The van der Waals surface area contributed by atoms with Crippen molar-refractivity contribution in [3.8, 4) is 5.75 Å². The lowest BCUT2D eigenvalue weighted by Crippen LogP contribution is -2.24. The van der Waals surface area contributed by atoms with Gasteiger partial charge in [-0.1, -0.05) is 30.3 Å². The van der Waals surface area contributed by atoms with Crippen LogP contribution in [0.5, 0.6) is 5.75 Å². The van der Waals surface area contributed by atoms with Crippen LogP contribution in [0.25, 0.3) is 0 Å². The summed E-state index contributed by atoms with van der Waals surface area (Å²) < 4.78 is 11.0. The number of ether oxygens (including phenoxy) is 1. The minimum absolute atomic E-state index is 0.408. The molecule has 0 saturated carbocycles. The second kappa shape index (κ2) is 6.53. The summed E-state index contributed by atoms with van der Waals surface area (Å²) in [4.78, 5) is 2.52. The first-order valence-electron chi connectivity index (χ1n) is 8.05. The fourth-order valence-electron chi connectivity index (χ4n) is 3.50. The SMILES string of the molecule is CCc1onc(C)c1[C@@H]1CCCN1Cc1ccccc1OC. The van der Waals surface area contributed by atoms with E-state index in [1.165, 1.54) is 24.0 Å². The van der Waals surface area contributed by atoms with E-state index < -0.39 is 0 Å². The third kappa shape index (κ3) is 2.75. The average Bonchev–Trinajstić information content (AvgIpc) is 3.13. The number of nitrogens with zero attached hydrogens (tertiary/aromatic N) is 2. The molecule has 118 valence electrons. The van der Waals surface area contributed by atoms with Crippen LogP contribution >= 0.6 is 0 Å². The molecule has 22 heavy (non-hydrogen) atoms. The highest BCUT2D eigenvalue weighted by molar-refractivity contribution is 5.34. The highest BCUT2D eigenvalue weighted by Crippen LogP contribution is 2.37. The number of para-hydroxylation sites is 1. The summed E-state index contributed by atoms with van der Waals surface area (Å²) in [6.45, 7) is 6.19. The Balaban J connectivity index is 1.86. The minimum Gasteiger partial charge on any atom is -0.496 e. The molecule has 0 unspecified atom stereocenters. The molecule has 1 fully saturated rings. The number of aromatic nitrogens is 1. The summed E-state index contributed by atoms with van der Waals surface area (Å²) in [6.07, 6.45) is 3.28. The van der Waals surface area contributed by atoms with Gasteiger partial charge in [-0.25, -0.2) is 0 Å². The molecule has 1 saturated heterocycles. The van der Waals surface area contributed by atoms with Crippen molar-refractivity contribution < 1.29 is 9.26 Å². The Morgan fingerprint density at radius 1 is 1.36 bits per heavy atom. The maximum absolute atomic E-state index is 5.50. The summed E-state index contributed by atoms with van der Waals surface area (Å²) in [5, 5.41) is 4.18. The largest absolute Gasteiger partial charge is 0.496 e. The number of likely N-dealkylation sites (tertiary alicyclic amines) is 1. The smallest absolute Gasteiger partial charge is 0.141 e. The van der Waals surface area contributed by atoms with Crippen molar-refractivity contribution in [3.05, 3.63) is 46.8 Å². The molecule has 4 heteroatoms. The van der Waals surface area contributed by atoms with E-state index in [4.69, 9.17) is 9.26 Å². The van der Waals surface area contributed by atoms with E-state index in [0.29, 0.717) is 6.04 Å². The molecular weight excluding hydrogens is 276 g/mol. The summed E-state index contributed by atoms with van der Waals surface area (Å²) in [7, 11) is 1.74. The van der Waals surface area contributed by atoms with E-state index >= 15 is 0 Å². The second-order valence-electron chi connectivity index (χ2n) is 5.90. The Morgan fingerprint density at radius 3 is 2.95 bits per heavy atom. The first-order chi connectivity index (χ1) is 10.7. The van der Waals surface area contributed by atoms with Crippen LogP contribution < -0.4 is 4.74 Å². The monoisotopic (exact) mass is 300 g/mol. The van der Waals surface area contributed by atoms with Gasteiger partial charge in [-0.15, -0.1) is 0 Å². The fraction of sp³-hybridized carbons (Fsp3) is 0.500. The van der Waals surface area contributed by atoms with E-state index in [1.54, 1.807) is 7.11 Å². The fourth-order valence-corrected chi connectivity index (χ4v) is 3.50. The van der Waals surface area contributed by atoms with Crippen molar-refractivity contribution >= 4 is 0 Å². The van der Waals surface area contributed by atoms with Gasteiger partial charge in [0.25, 0.3) is 0 Å². The van der Waals surface area contributed by atoms with Gasteiger partial charge in [0, 0.05) is 30.1 Å². The van der Waals surface area contributed by atoms with E-state index in [9.17, 15) is 0 Å². The molecule has 0 bridgehead atoms. The van der Waals surface area contributed by atoms with Crippen molar-refractivity contribution in [3.63, 3.8) is 0 Å². The Kier molecular flexibility index (Phi) is 4.48. The zero-order valence-corrected chi connectivity index (χ0v) is 13.6. The second-order valence-corrected chi connectivity index (χ2v) is 5.90. The third-order valence-electron chi connectivity index (χ3n) is 4.57. The van der Waals surface area contributed by atoms with E-state index in [2.05, 4.69) is 36.0 Å². The molecular formula is C18H24N2O2. The normalized spacial score (nSPS) is 18.8. The van der Waals surface area contributed by atoms with E-state index in [0.717, 1.165) is 36.7 Å². The van der Waals surface area contributed by atoms with Gasteiger partial charge < -0.3 is 9.26 Å². The first kappa shape index (κ1) is 15.1. The highest BCUT2D eigenvalue weighted by atomic mass is 16.5. The average molecular weight is 300 g/mol. The Labute approximate surface area is 132 Å². The minimum atomic E-state index is 0.408. The van der Waals surface area contributed by atoms with Gasteiger partial charge >= 0.3 is 0 Å². The molecule has 0 spiro atoms. The molecule has 1 aliphatic heterocycles. The zero-order chi connectivity index (χ0) is 15.5. The van der Waals surface area contributed by atoms with Crippen LogP contribution in [-0.2, 0) is 13.0 Å². The van der Waals surface area contributed by atoms with Gasteiger partial charge in [-0.3, -0.25) is 4.90 Å². The molecule has 1 atom stereocenters. The molecule has 1 aromatic carbocycles. The molecule has 3 rings (SSSR count). The number of benzene rings is 1. The number of aryl methyl sites for hydroxylation is 2. The molecule has 0 N–H and O–H groups in total. The first-order valence-corrected chi connectivity index (χ1v) is 8.05. The van der Waals surface area contributed by atoms with Crippen LogP contribution in [0.2, 0.25) is 0 Å². The molecule has 0 amide bonds. The Morgan fingerprint density at radius 2 is 2.18 bits per heavy atom. The molecule has 4 nitrogen and oxygen atoms in total. The number of hydrogen-bond acceptors (Lipinski definition) is 4. The maximum Gasteiger partial charge on any atom is 0.141 e. The van der Waals surface area contributed by atoms with Crippen LogP contribution in [0, 0.1) is 6.92 Å². The predicted octanol–water partition coefficient (Wildman–Crippen LogP) is 3.89. The number of methoxy groups -OCH3 is 1. The third-order valence-corrected chi connectivity index (χ3v) is 4.57. The lowest BCUT2D eigenvalue weighted by molar-refractivity contribution is 0.241. The standard InChI is InChI=1S/C18H24N2O2/c1-4-16-18(13(2)19-22-16)15-9-7-11-20(15)12-14-8-5-6-10-17(14)21-3/h5-6,8,10,15H,4,7,9,11-12H2,1-3H3/t15-/m0/s1. The molecule has 1 aliphatic rings. The number of rotatable bonds is 5. The molecule has 2 heterocycles. The van der Waals surface area contributed by atoms with Gasteiger partial charge in [0.15, 0.2) is 0 Å². The van der Waals surface area contributed by atoms with Gasteiger partial charge in [0.2, 0.25) is 0 Å². The van der Waals surface area contributed by atoms with Crippen molar-refractivity contribution in [2.24, 2.45) is 0 Å². The van der Waals surface area contributed by atoms with Crippen LogP contribution in [0.4, 0.5) is 0 Å². The van der Waals surface area contributed by atoms with Crippen molar-refractivity contribution in [1.29, 1.82) is 0 Å². The van der Waals surface area contributed by atoms with Gasteiger partial charge in [-0.2, -0.15) is 0 Å². The van der Waals surface area contributed by atoms with Gasteiger partial charge in [0.1, 0.15) is 11.5 Å². The van der Waals surface area contributed by atoms with Crippen LogP contribution in [-0.4, -0.2) is 23.7 Å². The summed E-state index contributed by atoms with van der Waals surface area (Å²) in [6, 6.07) is 8.68. The van der Waals surface area contributed by atoms with E-state index in [1.807, 2.05) is 12.1 Å². The van der Waals surface area contributed by atoms with Crippen molar-refractivity contribution in [2.75, 3.05) is 13.7 Å². The van der Waals surface area contributed by atoms with Crippen molar-refractivity contribution in [2.45, 2.75) is 45.7 Å². The maximum atomic E-state index is 5.50. The van der Waals surface area contributed by atoms with Crippen LogP contribution in [0.15, 0.2) is 28.8 Å². The van der Waals surface area contributed by atoms with Crippen LogP contribution in [0.1, 0.15) is 48.4 Å². The lowest BCUT2D eigenvalue weighted by atomic mass is 10.0. The highest BCUT2D eigenvalue weighted by Gasteiger charge is 2.31. The number of hydrogen-bond donors (Lipinski definition) is 0. The van der Waals surface area contributed by atoms with E-state index in [-0.39, 0.29) is 0 Å².